The average Bonchev–Trinajstić information content (AvgIpc) is 3.99. The number of fused-ring (bicyclic) bond motifs is 4. The van der Waals surface area contributed by atoms with Crippen molar-refractivity contribution in [2.75, 3.05) is 6.54 Å². The molecule has 0 spiro atoms. The van der Waals surface area contributed by atoms with Gasteiger partial charge < -0.3 is 29.4 Å². The molecule has 3 N–H and O–H groups in total. The number of nitrogens with zero attached hydrogens (tertiary/aromatic N) is 2. The first-order chi connectivity index (χ1) is 26.8. The number of aromatic nitrogens is 1. The Bertz CT molecular complexity index is 2370. The van der Waals surface area contributed by atoms with E-state index in [1.165, 1.54) is 29.2 Å². The van der Waals surface area contributed by atoms with Gasteiger partial charge in [0.2, 0.25) is 21.8 Å². The maximum absolute atomic E-state index is 14.8. The number of hydrogen-bond donors (Lipinski definition) is 3. The molecule has 4 fully saturated rings. The van der Waals surface area contributed by atoms with Gasteiger partial charge in [-0.1, -0.05) is 32.1 Å². The van der Waals surface area contributed by atoms with E-state index in [4.69, 9.17) is 18.9 Å². The molecule has 1 saturated heterocycles. The molecule has 296 valence electrons. The number of carbonyl (C=O) groups is 4. The van der Waals surface area contributed by atoms with Gasteiger partial charge in [0.15, 0.2) is 11.3 Å². The molecule has 0 unspecified atom stereocenters. The summed E-state index contributed by atoms with van der Waals surface area (Å²) < 4.78 is 60.9. The van der Waals surface area contributed by atoms with Crippen LogP contribution in [0.4, 0.5) is 9.18 Å². The lowest BCUT2D eigenvalue weighted by Crippen LogP contribution is -2.59. The summed E-state index contributed by atoms with van der Waals surface area (Å²) >= 11 is 0. The summed E-state index contributed by atoms with van der Waals surface area (Å²) in [6.45, 7) is 7.14. The van der Waals surface area contributed by atoms with E-state index in [1.807, 2.05) is 18.2 Å². The number of alkyl carbamates (subject to hydrolysis) is 1. The van der Waals surface area contributed by atoms with Crippen LogP contribution in [0.1, 0.15) is 65.2 Å². The number of halogens is 1. The third kappa shape index (κ3) is 7.03. The lowest BCUT2D eigenvalue weighted by atomic mass is 10.0. The molecule has 16 heteroatoms. The highest BCUT2D eigenvalue weighted by Gasteiger charge is 2.62. The van der Waals surface area contributed by atoms with Crippen molar-refractivity contribution in [3.63, 3.8) is 0 Å². The maximum Gasteiger partial charge on any atom is 0.408 e. The molecule has 4 amide bonds. The van der Waals surface area contributed by atoms with E-state index in [0.717, 1.165) is 25.7 Å². The van der Waals surface area contributed by atoms with Gasteiger partial charge in [0.25, 0.3) is 5.91 Å². The minimum atomic E-state index is -3.94. The van der Waals surface area contributed by atoms with Crippen LogP contribution in [-0.2, 0) is 29.1 Å². The highest BCUT2D eigenvalue weighted by Crippen LogP contribution is 2.46. The zero-order valence-electron chi connectivity index (χ0n) is 31.1. The standard InChI is InChI=1S/C40H44FN5O9S/c1-4-22-19-40(22,38(49)45-56(51,52)26-14-15-26)44-36(47)30-18-25(20-46(30)37(48)32(21(2)3)43-39(50)54-24-9-5-6-10-24)53-34-28-17-23(41)13-16-29(28)42-33-27-11-7-8-12-31(27)55-35(33)34/h4,7-8,11-13,16-17,21-22,24-26,30,32H,1,5-6,9-10,14-15,18-20H2,2-3H3,(H,43,50)(H,44,47)(H,45,49)/t22-,25-,30+,32+,40-/m1/s1. The minimum absolute atomic E-state index is 0.0768. The Balaban J connectivity index is 1.12. The van der Waals surface area contributed by atoms with Crippen LogP contribution in [0.3, 0.4) is 0 Å². The quantitative estimate of drug-likeness (QED) is 0.165. The fourth-order valence-corrected chi connectivity index (χ4v) is 9.38. The summed E-state index contributed by atoms with van der Waals surface area (Å²) in [6, 6.07) is 9.04. The van der Waals surface area contributed by atoms with Crippen LogP contribution in [0, 0.1) is 17.7 Å². The SMILES string of the molecule is C=C[C@@H]1C[C@]1(NC(=O)[C@@H]1C[C@@H](Oc2c3cc(F)ccc3nc3c2oc2ccccc23)CN1C(=O)[C@@H](NC(=O)OC1CCCC1)C(C)C)C(=O)NS(=O)(=O)C1CC1. The van der Waals surface area contributed by atoms with Crippen LogP contribution >= 0.6 is 0 Å². The smallest absolute Gasteiger partial charge is 0.408 e. The minimum Gasteiger partial charge on any atom is -0.484 e. The van der Waals surface area contributed by atoms with Crippen molar-refractivity contribution >= 4 is 66.8 Å². The van der Waals surface area contributed by atoms with Gasteiger partial charge in [0.1, 0.15) is 46.7 Å². The number of hydrogen-bond acceptors (Lipinski definition) is 10. The Kier molecular flexibility index (Phi) is 9.66. The number of ether oxygens (including phenoxy) is 2. The third-order valence-electron chi connectivity index (χ3n) is 11.4. The van der Waals surface area contributed by atoms with Crippen molar-refractivity contribution in [3.8, 4) is 5.75 Å². The molecule has 1 aliphatic heterocycles. The second-order valence-corrected chi connectivity index (χ2v) is 17.7. The monoisotopic (exact) mass is 789 g/mol. The molecule has 0 radical (unpaired) electrons. The predicted octanol–water partition coefficient (Wildman–Crippen LogP) is 4.98. The van der Waals surface area contributed by atoms with Gasteiger partial charge in [-0.25, -0.2) is 22.6 Å². The van der Waals surface area contributed by atoms with E-state index < -0.39 is 80.5 Å². The number of likely N-dealkylation sites (tertiary alicyclic amines) is 1. The number of nitrogens with one attached hydrogen (secondary N) is 3. The summed E-state index contributed by atoms with van der Waals surface area (Å²) in [7, 11) is -3.94. The molecule has 8 rings (SSSR count). The number of furan rings is 1. The van der Waals surface area contributed by atoms with Crippen molar-refractivity contribution in [2.45, 2.75) is 100 Å². The molecule has 56 heavy (non-hydrogen) atoms. The first-order valence-corrected chi connectivity index (χ1v) is 20.7. The van der Waals surface area contributed by atoms with E-state index in [9.17, 15) is 32.0 Å². The van der Waals surface area contributed by atoms with Gasteiger partial charge in [0, 0.05) is 23.1 Å². The van der Waals surface area contributed by atoms with Gasteiger partial charge in [-0.15, -0.1) is 6.58 Å². The molecule has 2 aromatic heterocycles. The molecule has 14 nitrogen and oxygen atoms in total. The van der Waals surface area contributed by atoms with E-state index in [0.29, 0.717) is 40.2 Å². The molecule has 3 heterocycles. The van der Waals surface area contributed by atoms with Crippen LogP contribution < -0.4 is 20.1 Å². The Hall–Kier alpha value is -5.25. The van der Waals surface area contributed by atoms with Crippen molar-refractivity contribution in [1.82, 2.24) is 25.2 Å². The van der Waals surface area contributed by atoms with Crippen LogP contribution in [0.5, 0.6) is 5.75 Å². The molecular formula is C40H44FN5O9S. The van der Waals surface area contributed by atoms with Crippen LogP contribution in [-0.4, -0.2) is 83.7 Å². The van der Waals surface area contributed by atoms with Crippen molar-refractivity contribution in [1.29, 1.82) is 0 Å². The van der Waals surface area contributed by atoms with Crippen molar-refractivity contribution in [2.24, 2.45) is 11.8 Å². The van der Waals surface area contributed by atoms with Gasteiger partial charge in [-0.2, -0.15) is 0 Å². The van der Waals surface area contributed by atoms with Crippen LogP contribution in [0.25, 0.3) is 33.0 Å². The highest BCUT2D eigenvalue weighted by molar-refractivity contribution is 7.91. The number of sulfonamides is 1. The molecule has 5 atom stereocenters. The zero-order chi connectivity index (χ0) is 39.5. The van der Waals surface area contributed by atoms with E-state index in [2.05, 4.69) is 21.9 Å². The zero-order valence-corrected chi connectivity index (χ0v) is 31.9. The predicted molar refractivity (Wildman–Crippen MR) is 203 cm³/mol. The number of pyridine rings is 1. The van der Waals surface area contributed by atoms with Crippen molar-refractivity contribution in [3.05, 3.63) is 60.9 Å². The molecule has 0 bridgehead atoms. The third-order valence-corrected chi connectivity index (χ3v) is 13.2. The summed E-state index contributed by atoms with van der Waals surface area (Å²) in [5.41, 5.74) is 0.0988. The van der Waals surface area contributed by atoms with Crippen molar-refractivity contribution < 1.29 is 45.9 Å². The number of carbonyl (C=O) groups excluding carboxylic acids is 4. The first kappa shape index (κ1) is 37.7. The topological polar surface area (TPSA) is 186 Å². The second kappa shape index (κ2) is 14.4. The second-order valence-electron chi connectivity index (χ2n) is 15.7. The Morgan fingerprint density at radius 3 is 2.50 bits per heavy atom. The summed E-state index contributed by atoms with van der Waals surface area (Å²) in [5.74, 6) is -3.53. The highest BCUT2D eigenvalue weighted by atomic mass is 32.2. The summed E-state index contributed by atoms with van der Waals surface area (Å²) in [6.07, 6.45) is 3.87. The summed E-state index contributed by atoms with van der Waals surface area (Å²) in [4.78, 5) is 61.6. The maximum atomic E-state index is 14.8. The Morgan fingerprint density at radius 1 is 1.05 bits per heavy atom. The molecule has 2 aromatic carbocycles. The van der Waals surface area contributed by atoms with E-state index in [1.54, 1.807) is 19.9 Å². The molecule has 3 saturated carbocycles. The van der Waals surface area contributed by atoms with Crippen LogP contribution in [0.15, 0.2) is 59.5 Å². The molecule has 4 aromatic rings. The summed E-state index contributed by atoms with van der Waals surface area (Å²) in [5, 5.41) is 5.85. The molecule has 4 aliphatic rings. The average molecular weight is 790 g/mol. The van der Waals surface area contributed by atoms with E-state index in [-0.39, 0.29) is 36.8 Å². The van der Waals surface area contributed by atoms with Crippen LogP contribution in [0.2, 0.25) is 0 Å². The van der Waals surface area contributed by atoms with Gasteiger partial charge >= 0.3 is 6.09 Å². The Morgan fingerprint density at radius 2 is 1.80 bits per heavy atom. The molecular weight excluding hydrogens is 746 g/mol. The number of rotatable bonds is 12. The normalized spacial score (nSPS) is 24.4. The first-order valence-electron chi connectivity index (χ1n) is 19.1. The van der Waals surface area contributed by atoms with Gasteiger partial charge in [-0.3, -0.25) is 19.1 Å². The lowest BCUT2D eigenvalue weighted by molar-refractivity contribution is -0.141. The Labute approximate surface area is 322 Å². The largest absolute Gasteiger partial charge is 0.484 e. The fraction of sp³-hybridized carbons (Fsp3) is 0.475. The van der Waals surface area contributed by atoms with E-state index >= 15 is 0 Å². The fourth-order valence-electron chi connectivity index (χ4n) is 8.02. The van der Waals surface area contributed by atoms with Gasteiger partial charge in [-0.05, 0) is 81.2 Å². The molecule has 3 aliphatic carbocycles. The number of benzene rings is 2. The number of amides is 4. The lowest BCUT2D eigenvalue weighted by Gasteiger charge is -2.31. The number of para-hydroxylation sites is 1. The van der Waals surface area contributed by atoms with Gasteiger partial charge in [0.05, 0.1) is 17.3 Å².